The number of carbonyl (C=O) groups is 1. The van der Waals surface area contributed by atoms with Crippen LogP contribution in [0.3, 0.4) is 0 Å². The van der Waals surface area contributed by atoms with Crippen LogP contribution in [0.5, 0.6) is 0 Å². The minimum Gasteiger partial charge on any atom is -0.352 e. The molecule has 2 aromatic carbocycles. The number of rotatable bonds is 7. The predicted molar refractivity (Wildman–Crippen MR) is 101 cm³/mol. The summed E-state index contributed by atoms with van der Waals surface area (Å²) in [4.78, 5) is 11.6. The van der Waals surface area contributed by atoms with E-state index in [9.17, 15) is 26.4 Å². The Balaban J connectivity index is 2.37. The fraction of sp³-hybridized carbons (Fsp3) is 0.158. The number of nitrogens with one attached hydrogen (secondary N) is 2. The van der Waals surface area contributed by atoms with E-state index in [1.165, 1.54) is 30.3 Å². The number of halogens is 3. The van der Waals surface area contributed by atoms with E-state index in [0.29, 0.717) is 6.07 Å². The number of hydrogen-bond acceptors (Lipinski definition) is 4. The van der Waals surface area contributed by atoms with Gasteiger partial charge in [-0.3, -0.25) is 9.52 Å². The molecule has 2 N–H and O–H groups in total. The zero-order chi connectivity index (χ0) is 21.5. The fourth-order valence-corrected chi connectivity index (χ4v) is 3.34. The lowest BCUT2D eigenvalue weighted by molar-refractivity contribution is -0.137. The van der Waals surface area contributed by atoms with Crippen molar-refractivity contribution >= 4 is 27.7 Å². The summed E-state index contributed by atoms with van der Waals surface area (Å²) in [6, 6.07) is 11.5. The lowest BCUT2D eigenvalue weighted by Gasteiger charge is -2.14. The van der Waals surface area contributed by atoms with Crippen molar-refractivity contribution in [2.24, 2.45) is 0 Å². The third kappa shape index (κ3) is 6.36. The third-order valence-electron chi connectivity index (χ3n) is 3.63. The fourth-order valence-electron chi connectivity index (χ4n) is 2.24. The molecule has 0 fully saturated rings. The molecular formula is C19H16F3N3O3S. The highest BCUT2D eigenvalue weighted by molar-refractivity contribution is 7.92. The van der Waals surface area contributed by atoms with Crippen LogP contribution in [0.4, 0.5) is 18.9 Å². The Hall–Kier alpha value is -3.32. The van der Waals surface area contributed by atoms with Gasteiger partial charge in [0.15, 0.2) is 0 Å². The minimum absolute atomic E-state index is 0.0629. The summed E-state index contributed by atoms with van der Waals surface area (Å²) in [6.07, 6.45) is -2.35. The lowest BCUT2D eigenvalue weighted by Crippen LogP contribution is -2.21. The molecule has 0 radical (unpaired) electrons. The van der Waals surface area contributed by atoms with Crippen LogP contribution in [-0.4, -0.2) is 20.9 Å². The molecule has 2 rings (SSSR count). The molecule has 0 aromatic heterocycles. The van der Waals surface area contributed by atoms with Gasteiger partial charge in [0.2, 0.25) is 5.91 Å². The zero-order valence-electron chi connectivity index (χ0n) is 14.9. The maximum atomic E-state index is 13.1. The summed E-state index contributed by atoms with van der Waals surface area (Å²) < 4.78 is 66.3. The zero-order valence-corrected chi connectivity index (χ0v) is 15.7. The quantitative estimate of drug-likeness (QED) is 0.526. The van der Waals surface area contributed by atoms with Gasteiger partial charge in [-0.15, -0.1) is 0 Å². The van der Waals surface area contributed by atoms with Gasteiger partial charge in [0, 0.05) is 12.6 Å². The van der Waals surface area contributed by atoms with Gasteiger partial charge >= 0.3 is 6.18 Å². The summed E-state index contributed by atoms with van der Waals surface area (Å²) in [5, 5.41) is 10.9. The number of alkyl halides is 3. The molecule has 0 aliphatic rings. The number of anilines is 1. The second kappa shape index (κ2) is 9.25. The van der Waals surface area contributed by atoms with Gasteiger partial charge in [0.25, 0.3) is 10.0 Å². The monoisotopic (exact) mass is 423 g/mol. The van der Waals surface area contributed by atoms with Gasteiger partial charge in [-0.1, -0.05) is 24.3 Å². The minimum atomic E-state index is -4.68. The Kier molecular flexibility index (Phi) is 7.01. The highest BCUT2D eigenvalue weighted by Gasteiger charge is 2.31. The first kappa shape index (κ1) is 22.0. The molecule has 10 heteroatoms. The largest absolute Gasteiger partial charge is 0.416 e. The molecular weight excluding hydrogens is 407 g/mol. The number of benzene rings is 2. The standard InChI is InChI=1S/C19H16F3N3O3S/c20-19(21,22)15-9-7-14(8-10-18(26)24-12-4-11-23)17(13-15)25-29(27,28)16-5-2-1-3-6-16/h1-3,5-10,13,25H,4,12H2,(H,24,26). The van der Waals surface area contributed by atoms with Crippen molar-refractivity contribution in [1.82, 2.24) is 5.32 Å². The van der Waals surface area contributed by atoms with E-state index in [-0.39, 0.29) is 29.1 Å². The summed E-state index contributed by atoms with van der Waals surface area (Å²) in [5.41, 5.74) is -1.31. The van der Waals surface area contributed by atoms with E-state index in [0.717, 1.165) is 18.2 Å². The summed E-state index contributed by atoms with van der Waals surface area (Å²) in [6.45, 7) is 0.111. The van der Waals surface area contributed by atoms with E-state index in [1.807, 2.05) is 6.07 Å². The predicted octanol–water partition coefficient (Wildman–Crippen LogP) is 3.55. The number of sulfonamides is 1. The topological polar surface area (TPSA) is 99.1 Å². The molecule has 29 heavy (non-hydrogen) atoms. The summed E-state index contributed by atoms with van der Waals surface area (Å²) in [5.74, 6) is -0.572. The Morgan fingerprint density at radius 3 is 2.45 bits per heavy atom. The molecule has 6 nitrogen and oxygen atoms in total. The van der Waals surface area contributed by atoms with Gasteiger partial charge in [-0.05, 0) is 35.9 Å². The van der Waals surface area contributed by atoms with Crippen molar-refractivity contribution in [1.29, 1.82) is 5.26 Å². The molecule has 0 atom stereocenters. The maximum Gasteiger partial charge on any atom is 0.416 e. The Morgan fingerprint density at radius 1 is 1.14 bits per heavy atom. The van der Waals surface area contributed by atoms with Crippen LogP contribution in [0.2, 0.25) is 0 Å². The molecule has 0 aliphatic heterocycles. The Morgan fingerprint density at radius 2 is 1.83 bits per heavy atom. The van der Waals surface area contributed by atoms with Gasteiger partial charge in [-0.2, -0.15) is 18.4 Å². The number of nitriles is 1. The van der Waals surface area contributed by atoms with Gasteiger partial charge in [0.05, 0.1) is 28.6 Å². The second-order valence-electron chi connectivity index (χ2n) is 5.75. The number of amides is 1. The smallest absolute Gasteiger partial charge is 0.352 e. The highest BCUT2D eigenvalue weighted by atomic mass is 32.2. The number of hydrogen-bond donors (Lipinski definition) is 2. The van der Waals surface area contributed by atoms with Crippen LogP contribution in [-0.2, 0) is 21.0 Å². The van der Waals surface area contributed by atoms with Crippen LogP contribution in [0.1, 0.15) is 17.5 Å². The first-order valence-electron chi connectivity index (χ1n) is 8.25. The van der Waals surface area contributed by atoms with Crippen LogP contribution >= 0.6 is 0 Å². The van der Waals surface area contributed by atoms with Crippen molar-refractivity contribution in [2.75, 3.05) is 11.3 Å². The van der Waals surface area contributed by atoms with Gasteiger partial charge in [0.1, 0.15) is 0 Å². The number of nitrogens with zero attached hydrogens (tertiary/aromatic N) is 1. The molecule has 152 valence electrons. The Bertz CT molecular complexity index is 1040. The summed E-state index contributed by atoms with van der Waals surface area (Å²) >= 11 is 0. The van der Waals surface area contributed by atoms with Crippen molar-refractivity contribution in [3.8, 4) is 6.07 Å². The first-order chi connectivity index (χ1) is 13.6. The van der Waals surface area contributed by atoms with Crippen LogP contribution in [0, 0.1) is 11.3 Å². The van der Waals surface area contributed by atoms with Crippen LogP contribution < -0.4 is 10.0 Å². The van der Waals surface area contributed by atoms with Crippen molar-refractivity contribution in [3.05, 3.63) is 65.7 Å². The van der Waals surface area contributed by atoms with E-state index >= 15 is 0 Å². The van der Waals surface area contributed by atoms with E-state index in [4.69, 9.17) is 5.26 Å². The molecule has 0 unspecified atom stereocenters. The average Bonchev–Trinajstić information content (AvgIpc) is 2.67. The molecule has 0 spiro atoms. The average molecular weight is 423 g/mol. The molecule has 0 saturated heterocycles. The second-order valence-corrected chi connectivity index (χ2v) is 7.43. The molecule has 0 heterocycles. The molecule has 0 bridgehead atoms. The van der Waals surface area contributed by atoms with E-state index in [2.05, 4.69) is 10.0 Å². The van der Waals surface area contributed by atoms with Crippen LogP contribution in [0.25, 0.3) is 6.08 Å². The van der Waals surface area contributed by atoms with Crippen molar-refractivity contribution < 1.29 is 26.4 Å². The molecule has 0 aliphatic carbocycles. The SMILES string of the molecule is N#CCCNC(=O)C=Cc1ccc(C(F)(F)F)cc1NS(=O)(=O)c1ccccc1. The Labute approximate surface area is 165 Å². The summed E-state index contributed by atoms with van der Waals surface area (Å²) in [7, 11) is -4.14. The van der Waals surface area contributed by atoms with Crippen molar-refractivity contribution in [3.63, 3.8) is 0 Å². The normalized spacial score (nSPS) is 11.8. The maximum absolute atomic E-state index is 13.1. The van der Waals surface area contributed by atoms with Gasteiger partial charge in [-0.25, -0.2) is 8.42 Å². The number of carbonyl (C=O) groups excluding carboxylic acids is 1. The van der Waals surface area contributed by atoms with Gasteiger partial charge < -0.3 is 5.32 Å². The van der Waals surface area contributed by atoms with Crippen molar-refractivity contribution in [2.45, 2.75) is 17.5 Å². The van der Waals surface area contributed by atoms with Crippen LogP contribution in [0.15, 0.2) is 59.5 Å². The molecule has 1 amide bonds. The molecule has 2 aromatic rings. The lowest BCUT2D eigenvalue weighted by atomic mass is 10.1. The van der Waals surface area contributed by atoms with E-state index in [1.54, 1.807) is 6.07 Å². The first-order valence-corrected chi connectivity index (χ1v) is 9.74. The molecule has 0 saturated carbocycles. The highest BCUT2D eigenvalue weighted by Crippen LogP contribution is 2.33. The van der Waals surface area contributed by atoms with E-state index < -0.39 is 27.7 Å². The third-order valence-corrected chi connectivity index (χ3v) is 5.01.